The van der Waals surface area contributed by atoms with Crippen LogP contribution in [0.5, 0.6) is 0 Å². The predicted octanol–water partition coefficient (Wildman–Crippen LogP) is 0.464. The van der Waals surface area contributed by atoms with Crippen LogP contribution in [0, 0.1) is 5.92 Å². The Morgan fingerprint density at radius 2 is 1.59 bits per heavy atom. The molecule has 0 fully saturated rings. The normalized spacial score (nSPS) is 13.9. The Morgan fingerprint density at radius 3 is 2.11 bits per heavy atom. The predicted molar refractivity (Wildman–Crippen MR) is 99.8 cm³/mol. The smallest absolute Gasteiger partial charge is 0.326 e. The fourth-order valence-corrected chi connectivity index (χ4v) is 2.50. The van der Waals surface area contributed by atoms with Crippen molar-refractivity contribution in [1.29, 1.82) is 0 Å². The van der Waals surface area contributed by atoms with Crippen molar-refractivity contribution in [3.05, 3.63) is 35.9 Å². The van der Waals surface area contributed by atoms with E-state index in [2.05, 4.69) is 16.0 Å². The topological polar surface area (TPSA) is 125 Å². The molecule has 0 aliphatic carbocycles. The number of carboxylic acid groups (broad SMARTS) is 1. The van der Waals surface area contributed by atoms with Gasteiger partial charge in [-0.1, -0.05) is 44.2 Å². The lowest BCUT2D eigenvalue weighted by atomic mass is 10.0. The zero-order valence-electron chi connectivity index (χ0n) is 15.8. The van der Waals surface area contributed by atoms with Crippen molar-refractivity contribution in [2.75, 3.05) is 0 Å². The average molecular weight is 377 g/mol. The van der Waals surface area contributed by atoms with Crippen molar-refractivity contribution in [1.82, 2.24) is 16.0 Å². The zero-order valence-corrected chi connectivity index (χ0v) is 15.8. The number of carbonyl (C=O) groups excluding carboxylic acids is 3. The highest BCUT2D eigenvalue weighted by Gasteiger charge is 2.28. The molecule has 0 heterocycles. The third-order valence-corrected chi connectivity index (χ3v) is 3.95. The lowest BCUT2D eigenvalue weighted by Gasteiger charge is -2.24. The van der Waals surface area contributed by atoms with Crippen LogP contribution in [-0.2, 0) is 25.6 Å². The van der Waals surface area contributed by atoms with Gasteiger partial charge in [-0.15, -0.1) is 0 Å². The molecule has 0 aliphatic heterocycles. The van der Waals surface area contributed by atoms with Crippen LogP contribution in [-0.4, -0.2) is 47.4 Å². The minimum absolute atomic E-state index is 0.0905. The molecule has 1 aromatic carbocycles. The largest absolute Gasteiger partial charge is 0.480 e. The monoisotopic (exact) mass is 377 g/mol. The highest BCUT2D eigenvalue weighted by Crippen LogP contribution is 2.08. The lowest BCUT2D eigenvalue weighted by molar-refractivity contribution is -0.142. The fourth-order valence-electron chi connectivity index (χ4n) is 2.50. The molecule has 0 saturated heterocycles. The van der Waals surface area contributed by atoms with Crippen molar-refractivity contribution in [3.63, 3.8) is 0 Å². The van der Waals surface area contributed by atoms with Crippen molar-refractivity contribution in [2.45, 2.75) is 51.7 Å². The van der Waals surface area contributed by atoms with Gasteiger partial charge in [0, 0.05) is 6.42 Å². The van der Waals surface area contributed by atoms with Crippen LogP contribution in [0.25, 0.3) is 0 Å². The van der Waals surface area contributed by atoms with Gasteiger partial charge in [0.05, 0.1) is 0 Å². The first-order valence-electron chi connectivity index (χ1n) is 8.81. The van der Waals surface area contributed by atoms with E-state index in [1.165, 1.54) is 6.92 Å². The van der Waals surface area contributed by atoms with Gasteiger partial charge in [-0.05, 0) is 24.8 Å². The van der Waals surface area contributed by atoms with Crippen LogP contribution < -0.4 is 16.0 Å². The van der Waals surface area contributed by atoms with E-state index in [1.54, 1.807) is 24.3 Å². The second-order valence-corrected chi connectivity index (χ2v) is 6.79. The van der Waals surface area contributed by atoms with E-state index in [-0.39, 0.29) is 12.3 Å². The van der Waals surface area contributed by atoms with E-state index < -0.39 is 35.9 Å². The number of carbonyl (C=O) groups is 4. The van der Waals surface area contributed by atoms with Gasteiger partial charge >= 0.3 is 5.97 Å². The van der Waals surface area contributed by atoms with Gasteiger partial charge in [-0.25, -0.2) is 4.79 Å². The molecule has 1 rings (SSSR count). The van der Waals surface area contributed by atoms with Gasteiger partial charge in [-0.2, -0.15) is 0 Å². The minimum atomic E-state index is -1.15. The number of hydrogen-bond acceptors (Lipinski definition) is 4. The molecule has 8 heteroatoms. The molecule has 1 aromatic rings. The van der Waals surface area contributed by atoms with Crippen molar-refractivity contribution in [2.24, 2.45) is 5.92 Å². The molecule has 0 bridgehead atoms. The van der Waals surface area contributed by atoms with Crippen LogP contribution >= 0.6 is 0 Å². The Bertz CT molecular complexity index is 648. The van der Waals surface area contributed by atoms with Gasteiger partial charge in [0.25, 0.3) is 0 Å². The summed E-state index contributed by atoms with van der Waals surface area (Å²) in [6, 6.07) is 6.15. The number of carboxylic acids is 1. The molecular formula is C19H27N3O5. The summed E-state index contributed by atoms with van der Waals surface area (Å²) in [4.78, 5) is 46.8. The van der Waals surface area contributed by atoms with Crippen molar-refractivity contribution < 1.29 is 24.3 Å². The second-order valence-electron chi connectivity index (χ2n) is 6.79. The summed E-state index contributed by atoms with van der Waals surface area (Å²) < 4.78 is 0. The molecule has 0 saturated carbocycles. The van der Waals surface area contributed by atoms with Crippen LogP contribution in [0.3, 0.4) is 0 Å². The molecule has 3 amide bonds. The van der Waals surface area contributed by atoms with Crippen LogP contribution in [0.1, 0.15) is 32.8 Å². The van der Waals surface area contributed by atoms with Crippen LogP contribution in [0.15, 0.2) is 30.3 Å². The van der Waals surface area contributed by atoms with Gasteiger partial charge in [0.1, 0.15) is 18.1 Å². The molecule has 0 spiro atoms. The molecule has 8 nitrogen and oxygen atoms in total. The molecular weight excluding hydrogens is 350 g/mol. The van der Waals surface area contributed by atoms with Crippen molar-refractivity contribution >= 4 is 24.2 Å². The molecule has 148 valence electrons. The standard InChI is InChI=1S/C19H27N3O5/c1-12(2)9-15(21-17(24)13(3)20-11-23)18(25)22-16(19(26)27)10-14-7-5-4-6-8-14/h4-8,11-13,15-16H,9-10H2,1-3H3,(H,20,23)(H,21,24)(H,22,25)(H,26,27)/t13-,15-,16-/m0/s1. The first kappa shape index (κ1) is 22.1. The van der Waals surface area contributed by atoms with Gasteiger partial charge in [0.2, 0.25) is 18.2 Å². The van der Waals surface area contributed by atoms with Gasteiger partial charge in [-0.3, -0.25) is 14.4 Å². The minimum Gasteiger partial charge on any atom is -0.480 e. The van der Waals surface area contributed by atoms with Gasteiger partial charge in [0.15, 0.2) is 0 Å². The number of aliphatic carboxylic acids is 1. The number of amides is 3. The molecule has 4 N–H and O–H groups in total. The summed E-state index contributed by atoms with van der Waals surface area (Å²) in [7, 11) is 0. The number of nitrogens with one attached hydrogen (secondary N) is 3. The fraction of sp³-hybridized carbons (Fsp3) is 0.474. The van der Waals surface area contributed by atoms with E-state index >= 15 is 0 Å². The Morgan fingerprint density at radius 1 is 1.00 bits per heavy atom. The van der Waals surface area contributed by atoms with E-state index in [4.69, 9.17) is 0 Å². The Labute approximate surface area is 158 Å². The second kappa shape index (κ2) is 10.9. The molecule has 0 aromatic heterocycles. The number of rotatable bonds is 11. The van der Waals surface area contributed by atoms with Crippen LogP contribution in [0.4, 0.5) is 0 Å². The third kappa shape index (κ3) is 7.89. The van der Waals surface area contributed by atoms with Crippen molar-refractivity contribution in [3.8, 4) is 0 Å². The van der Waals surface area contributed by atoms with E-state index in [9.17, 15) is 24.3 Å². The molecule has 0 unspecified atom stereocenters. The summed E-state index contributed by atoms with van der Waals surface area (Å²) in [5.41, 5.74) is 0.776. The Kier molecular flexibility index (Phi) is 8.98. The van der Waals surface area contributed by atoms with Crippen LogP contribution in [0.2, 0.25) is 0 Å². The SMILES string of the molecule is CC(C)C[C@H](NC(=O)[C@H](C)NC=O)C(=O)N[C@@H](Cc1ccccc1)C(=O)O. The highest BCUT2D eigenvalue weighted by atomic mass is 16.4. The lowest BCUT2D eigenvalue weighted by Crippen LogP contribution is -2.55. The van der Waals surface area contributed by atoms with E-state index in [0.717, 1.165) is 5.56 Å². The van der Waals surface area contributed by atoms with E-state index in [1.807, 2.05) is 19.9 Å². The average Bonchev–Trinajstić information content (AvgIpc) is 2.61. The maximum atomic E-state index is 12.6. The summed E-state index contributed by atoms with van der Waals surface area (Å²) >= 11 is 0. The molecule has 3 atom stereocenters. The highest BCUT2D eigenvalue weighted by molar-refractivity contribution is 5.92. The summed E-state index contributed by atoms with van der Waals surface area (Å²) in [5.74, 6) is -2.15. The molecule has 0 aliphatic rings. The van der Waals surface area contributed by atoms with Gasteiger partial charge < -0.3 is 21.1 Å². The maximum Gasteiger partial charge on any atom is 0.326 e. The summed E-state index contributed by atoms with van der Waals surface area (Å²) in [5, 5.41) is 16.8. The Hall–Kier alpha value is -2.90. The Balaban J connectivity index is 2.84. The molecule has 27 heavy (non-hydrogen) atoms. The molecule has 0 radical (unpaired) electrons. The number of hydrogen-bond donors (Lipinski definition) is 4. The summed E-state index contributed by atoms with van der Waals surface area (Å²) in [6.07, 6.45) is 0.874. The first-order chi connectivity index (χ1) is 12.7. The third-order valence-electron chi connectivity index (χ3n) is 3.95. The number of benzene rings is 1. The zero-order chi connectivity index (χ0) is 20.4. The van der Waals surface area contributed by atoms with E-state index in [0.29, 0.717) is 12.8 Å². The first-order valence-corrected chi connectivity index (χ1v) is 8.81. The summed E-state index contributed by atoms with van der Waals surface area (Å²) in [6.45, 7) is 5.26. The maximum absolute atomic E-state index is 12.6. The quantitative estimate of drug-likeness (QED) is 0.417.